The van der Waals surface area contributed by atoms with Gasteiger partial charge in [-0.25, -0.2) is 4.79 Å². The molecule has 2 heterocycles. The maximum Gasteiger partial charge on any atom is 0.453 e. The molecule has 0 aromatic heterocycles. The Kier molecular flexibility index (Phi) is 11.3. The summed E-state index contributed by atoms with van der Waals surface area (Å²) in [5, 5.41) is 0. The highest BCUT2D eigenvalue weighted by atomic mass is 32.2. The number of Topliss-reactive ketones (excluding diaryl/α,β-unsaturated/α-hetero) is 1. The summed E-state index contributed by atoms with van der Waals surface area (Å²) in [4.78, 5) is 42.6. The molecule has 4 fully saturated rings. The summed E-state index contributed by atoms with van der Waals surface area (Å²) in [6.07, 6.45) is 1.14. The van der Waals surface area contributed by atoms with Crippen molar-refractivity contribution in [2.24, 2.45) is 23.2 Å². The smallest absolute Gasteiger partial charge is 0.410 e. The number of rotatable bonds is 10. The quantitative estimate of drug-likeness (QED) is 0.226. The lowest BCUT2D eigenvalue weighted by molar-refractivity contribution is -0.284. The largest absolute Gasteiger partial charge is 0.453 e. The Morgan fingerprint density at radius 2 is 1.71 bits per heavy atom. The Hall–Kier alpha value is -2.57. The minimum absolute atomic E-state index is 0.154. The Balaban J connectivity index is 1.12. The lowest BCUT2D eigenvalue weighted by Crippen LogP contribution is -2.50. The molecule has 6 atom stereocenters. The number of carbonyl (C=O) groups is 3. The zero-order chi connectivity index (χ0) is 36.7. The summed E-state index contributed by atoms with van der Waals surface area (Å²) >= 11 is 0. The van der Waals surface area contributed by atoms with Gasteiger partial charge in [-0.2, -0.15) is 22.0 Å². The van der Waals surface area contributed by atoms with E-state index >= 15 is 0 Å². The highest BCUT2D eigenvalue weighted by Crippen LogP contribution is 2.61. The van der Waals surface area contributed by atoms with Crippen molar-refractivity contribution < 1.29 is 45.3 Å². The van der Waals surface area contributed by atoms with E-state index in [9.17, 15) is 40.5 Å². The maximum atomic E-state index is 13.4. The monoisotopic (exact) mass is 742 g/mol. The third kappa shape index (κ3) is 7.88. The number of halogens is 5. The van der Waals surface area contributed by atoms with Gasteiger partial charge in [0.15, 0.2) is 0 Å². The van der Waals surface area contributed by atoms with Gasteiger partial charge in [-0.1, -0.05) is 13.0 Å². The summed E-state index contributed by atoms with van der Waals surface area (Å²) in [6.45, 7) is 5.88. The molecular formula is C38H51F5N2O5S. The number of alkyl halides is 5. The summed E-state index contributed by atoms with van der Waals surface area (Å²) in [5.74, 6) is -2.90. The molecule has 0 bridgehead atoms. The maximum absolute atomic E-state index is 13.4. The molecule has 2 aliphatic heterocycles. The molecule has 51 heavy (non-hydrogen) atoms. The molecule has 284 valence electrons. The van der Waals surface area contributed by atoms with E-state index in [1.807, 2.05) is 17.9 Å². The van der Waals surface area contributed by atoms with E-state index in [2.05, 4.69) is 13.0 Å². The third-order valence-electron chi connectivity index (χ3n) is 12.8. The second-order valence-corrected chi connectivity index (χ2v) is 17.6. The fraction of sp³-hybridized carbons (Fsp3) is 0.763. The number of carbonyl (C=O) groups excluding carboxylic acids is 3. The standard InChI is InChI=1S/C38H51F5N2O5S/c1-24-21-29-26(23-31(24)50-35(48)44-17-12-27(13-18-44)45-16-4-3-8-33(45)47)22-25(34-28(29)11-15-36(2)30(34)9-10-32(36)46)7-5-19-51(49)20-6-14-37(39,40)38(41,42)43/h21,23,25,27-28,30,34H,3-20,22H2,1-2H3/t25-,28-,30+,34-,36+,51?/m1/s1. The normalized spacial score (nSPS) is 29.4. The number of ketones is 1. The van der Waals surface area contributed by atoms with Crippen LogP contribution in [0.4, 0.5) is 26.7 Å². The van der Waals surface area contributed by atoms with Crippen LogP contribution in [0.5, 0.6) is 5.75 Å². The number of fused-ring (bicyclic) bond motifs is 5. The average Bonchev–Trinajstić information content (AvgIpc) is 3.38. The number of hydrogen-bond acceptors (Lipinski definition) is 5. The van der Waals surface area contributed by atoms with Crippen molar-refractivity contribution in [3.05, 3.63) is 28.8 Å². The summed E-state index contributed by atoms with van der Waals surface area (Å²) < 4.78 is 83.0. The number of likely N-dealkylation sites (tertiary alicyclic amines) is 2. The molecule has 7 nitrogen and oxygen atoms in total. The van der Waals surface area contributed by atoms with Crippen LogP contribution in [-0.2, 0) is 26.8 Å². The van der Waals surface area contributed by atoms with Gasteiger partial charge in [-0.15, -0.1) is 0 Å². The van der Waals surface area contributed by atoms with E-state index in [0.717, 1.165) is 62.6 Å². The number of ether oxygens (including phenoxy) is 1. The van der Waals surface area contributed by atoms with Crippen molar-refractivity contribution in [2.45, 2.75) is 128 Å². The molecule has 1 aromatic rings. The van der Waals surface area contributed by atoms with Crippen molar-refractivity contribution in [1.29, 1.82) is 0 Å². The van der Waals surface area contributed by atoms with Crippen LogP contribution >= 0.6 is 0 Å². The number of nitrogens with zero attached hydrogens (tertiary/aromatic N) is 2. The van der Waals surface area contributed by atoms with Crippen LogP contribution in [-0.4, -0.2) is 81.1 Å². The number of aryl methyl sites for hydroxylation is 1. The predicted molar refractivity (Wildman–Crippen MR) is 183 cm³/mol. The van der Waals surface area contributed by atoms with Crippen molar-refractivity contribution in [2.75, 3.05) is 31.1 Å². The van der Waals surface area contributed by atoms with Gasteiger partial charge in [0.1, 0.15) is 11.5 Å². The van der Waals surface area contributed by atoms with Crippen LogP contribution in [0.1, 0.15) is 113 Å². The van der Waals surface area contributed by atoms with Crippen LogP contribution < -0.4 is 4.74 Å². The second-order valence-electron chi connectivity index (χ2n) is 15.9. The SMILES string of the molecule is Cc1cc2c(cc1OC(=O)N1CCC(N3CCCCC3=O)CC1)C[C@@H](CCCS(=O)CCCC(F)(F)C(F)(F)F)[C@@H]1[C@@H]2CC[C@]2(C)C(=O)CC[C@@H]12. The van der Waals surface area contributed by atoms with Crippen molar-refractivity contribution in [3.63, 3.8) is 0 Å². The Morgan fingerprint density at radius 3 is 2.41 bits per heavy atom. The lowest BCUT2D eigenvalue weighted by atomic mass is 9.52. The second kappa shape index (κ2) is 15.0. The highest BCUT2D eigenvalue weighted by Gasteiger charge is 2.57. The minimum Gasteiger partial charge on any atom is -0.410 e. The first-order chi connectivity index (χ1) is 24.1. The molecule has 6 rings (SSSR count). The zero-order valence-corrected chi connectivity index (χ0v) is 30.5. The van der Waals surface area contributed by atoms with E-state index in [-0.39, 0.29) is 52.5 Å². The first-order valence-electron chi connectivity index (χ1n) is 18.8. The summed E-state index contributed by atoms with van der Waals surface area (Å²) in [6, 6.07) is 4.28. The lowest BCUT2D eigenvalue weighted by Gasteiger charge is -2.52. The van der Waals surface area contributed by atoms with Crippen LogP contribution in [0, 0.1) is 30.1 Å². The Bertz CT molecular complexity index is 1510. The zero-order valence-electron chi connectivity index (χ0n) is 29.7. The fourth-order valence-corrected chi connectivity index (χ4v) is 11.2. The highest BCUT2D eigenvalue weighted by molar-refractivity contribution is 7.84. The number of piperidine rings is 2. The third-order valence-corrected chi connectivity index (χ3v) is 14.3. The topological polar surface area (TPSA) is 84.0 Å². The van der Waals surface area contributed by atoms with Gasteiger partial charge in [-0.05, 0) is 124 Å². The first kappa shape index (κ1) is 38.2. The first-order valence-corrected chi connectivity index (χ1v) is 20.3. The molecule has 1 unspecified atom stereocenters. The Morgan fingerprint density at radius 1 is 0.980 bits per heavy atom. The van der Waals surface area contributed by atoms with E-state index in [4.69, 9.17) is 4.74 Å². The van der Waals surface area contributed by atoms with E-state index in [1.54, 1.807) is 4.90 Å². The van der Waals surface area contributed by atoms with Gasteiger partial charge < -0.3 is 14.5 Å². The van der Waals surface area contributed by atoms with Crippen molar-refractivity contribution in [3.8, 4) is 5.75 Å². The number of hydrogen-bond donors (Lipinski definition) is 0. The molecular weight excluding hydrogens is 691 g/mol. The van der Waals surface area contributed by atoms with Gasteiger partial charge in [0.05, 0.1) is 0 Å². The molecule has 3 aliphatic carbocycles. The van der Waals surface area contributed by atoms with E-state index in [1.165, 1.54) is 5.56 Å². The van der Waals surface area contributed by atoms with Crippen LogP contribution in [0.3, 0.4) is 0 Å². The fourth-order valence-electron chi connectivity index (χ4n) is 10.0. The molecule has 5 aliphatic rings. The number of benzene rings is 1. The Labute approximate surface area is 299 Å². The van der Waals surface area contributed by atoms with E-state index in [0.29, 0.717) is 56.7 Å². The molecule has 2 saturated carbocycles. The summed E-state index contributed by atoms with van der Waals surface area (Å²) in [5.41, 5.74) is 2.83. The number of amides is 2. The minimum atomic E-state index is -5.61. The predicted octanol–water partition coefficient (Wildman–Crippen LogP) is 8.13. The molecule has 2 saturated heterocycles. The van der Waals surface area contributed by atoms with Crippen LogP contribution in [0.2, 0.25) is 0 Å². The van der Waals surface area contributed by atoms with Gasteiger partial charge in [0, 0.05) is 72.7 Å². The average molecular weight is 743 g/mol. The van der Waals surface area contributed by atoms with Crippen molar-refractivity contribution >= 4 is 28.6 Å². The van der Waals surface area contributed by atoms with Gasteiger partial charge in [-0.3, -0.25) is 13.8 Å². The molecule has 0 N–H and O–H groups in total. The molecule has 1 aromatic carbocycles. The molecule has 2 amide bonds. The molecule has 13 heteroatoms. The van der Waals surface area contributed by atoms with Crippen molar-refractivity contribution in [1.82, 2.24) is 9.80 Å². The van der Waals surface area contributed by atoms with E-state index < -0.39 is 41.8 Å². The van der Waals surface area contributed by atoms with Crippen LogP contribution in [0.15, 0.2) is 12.1 Å². The van der Waals surface area contributed by atoms with Gasteiger partial charge in [0.25, 0.3) is 0 Å². The molecule has 0 spiro atoms. The molecule has 0 radical (unpaired) electrons. The summed E-state index contributed by atoms with van der Waals surface area (Å²) in [7, 11) is -1.52. The van der Waals surface area contributed by atoms with Gasteiger partial charge in [0.2, 0.25) is 5.91 Å². The van der Waals surface area contributed by atoms with Crippen LogP contribution in [0.25, 0.3) is 0 Å². The van der Waals surface area contributed by atoms with Gasteiger partial charge >= 0.3 is 18.2 Å².